The number of carboxylic acids is 1. The number of hydrogen-bond donors (Lipinski definition) is 2. The fourth-order valence-electron chi connectivity index (χ4n) is 1.89. The van der Waals surface area contributed by atoms with E-state index in [0.29, 0.717) is 13.0 Å². The average Bonchev–Trinajstić information content (AvgIpc) is 2.27. The van der Waals surface area contributed by atoms with Gasteiger partial charge in [-0.1, -0.05) is 43.2 Å². The summed E-state index contributed by atoms with van der Waals surface area (Å²) in [6, 6.07) is 8.10. The zero-order chi connectivity index (χ0) is 12.9. The van der Waals surface area contributed by atoms with E-state index in [4.69, 9.17) is 0 Å². The maximum absolute atomic E-state index is 11.2. The van der Waals surface area contributed by atoms with Crippen molar-refractivity contribution >= 4 is 5.97 Å². The van der Waals surface area contributed by atoms with E-state index in [1.165, 1.54) is 5.56 Å². The van der Waals surface area contributed by atoms with Crippen molar-refractivity contribution in [3.8, 4) is 0 Å². The molecule has 3 nitrogen and oxygen atoms in total. The topological polar surface area (TPSA) is 49.3 Å². The van der Waals surface area contributed by atoms with Crippen LogP contribution in [-0.2, 0) is 11.3 Å². The van der Waals surface area contributed by atoms with Crippen molar-refractivity contribution in [3.63, 3.8) is 0 Å². The van der Waals surface area contributed by atoms with Gasteiger partial charge in [-0.2, -0.15) is 0 Å². The van der Waals surface area contributed by atoms with Crippen molar-refractivity contribution in [3.05, 3.63) is 35.4 Å². The van der Waals surface area contributed by atoms with Gasteiger partial charge in [-0.25, -0.2) is 0 Å². The van der Waals surface area contributed by atoms with Gasteiger partial charge in [0, 0.05) is 6.54 Å². The maximum atomic E-state index is 11.2. The Balaban J connectivity index is 2.67. The summed E-state index contributed by atoms with van der Waals surface area (Å²) in [6.45, 7) is 6.36. The molecular weight excluding hydrogens is 214 g/mol. The minimum atomic E-state index is -0.835. The van der Waals surface area contributed by atoms with Crippen molar-refractivity contribution in [2.75, 3.05) is 0 Å². The first-order valence-corrected chi connectivity index (χ1v) is 6.02. The summed E-state index contributed by atoms with van der Waals surface area (Å²) < 4.78 is 0. The van der Waals surface area contributed by atoms with Crippen LogP contribution in [0.4, 0.5) is 0 Å². The Morgan fingerprint density at radius 1 is 1.47 bits per heavy atom. The number of carbonyl (C=O) groups is 1. The predicted octanol–water partition coefficient (Wildman–Crippen LogP) is 2.73. The van der Waals surface area contributed by atoms with Gasteiger partial charge >= 0.3 is 5.97 Å². The lowest BCUT2D eigenvalue weighted by Gasteiger charge is -2.26. The lowest BCUT2D eigenvalue weighted by molar-refractivity contribution is -0.144. The second-order valence-corrected chi connectivity index (χ2v) is 4.73. The van der Waals surface area contributed by atoms with Crippen molar-refractivity contribution in [2.24, 2.45) is 0 Å². The number of rotatable bonds is 6. The Kier molecular flexibility index (Phi) is 4.70. The van der Waals surface area contributed by atoms with E-state index in [0.717, 1.165) is 12.0 Å². The van der Waals surface area contributed by atoms with Crippen molar-refractivity contribution in [2.45, 2.75) is 45.7 Å². The van der Waals surface area contributed by atoms with Crippen molar-refractivity contribution < 1.29 is 9.90 Å². The third kappa shape index (κ3) is 3.86. The molecule has 1 unspecified atom stereocenters. The predicted molar refractivity (Wildman–Crippen MR) is 69.0 cm³/mol. The lowest BCUT2D eigenvalue weighted by Crippen LogP contribution is -2.48. The minimum Gasteiger partial charge on any atom is -0.480 e. The lowest BCUT2D eigenvalue weighted by atomic mass is 9.96. The Morgan fingerprint density at radius 2 is 2.18 bits per heavy atom. The fourth-order valence-corrected chi connectivity index (χ4v) is 1.89. The summed E-state index contributed by atoms with van der Waals surface area (Å²) in [7, 11) is 0. The summed E-state index contributed by atoms with van der Waals surface area (Å²) in [5.41, 5.74) is 1.48. The first kappa shape index (κ1) is 13.7. The monoisotopic (exact) mass is 235 g/mol. The molecule has 0 spiro atoms. The number of aliphatic carboxylic acids is 1. The second kappa shape index (κ2) is 5.82. The van der Waals surface area contributed by atoms with Crippen LogP contribution in [0.15, 0.2) is 24.3 Å². The summed E-state index contributed by atoms with van der Waals surface area (Å²) in [5, 5.41) is 12.4. The quantitative estimate of drug-likeness (QED) is 0.797. The number of hydrogen-bond acceptors (Lipinski definition) is 2. The molecule has 0 bridgehead atoms. The van der Waals surface area contributed by atoms with Crippen molar-refractivity contribution in [1.82, 2.24) is 5.32 Å². The van der Waals surface area contributed by atoms with Crippen molar-refractivity contribution in [1.29, 1.82) is 0 Å². The molecule has 0 amide bonds. The zero-order valence-corrected chi connectivity index (χ0v) is 10.8. The normalized spacial score (nSPS) is 14.3. The molecule has 0 heterocycles. The molecule has 17 heavy (non-hydrogen) atoms. The van der Waals surface area contributed by atoms with Crippen LogP contribution in [0.2, 0.25) is 0 Å². The molecule has 0 saturated heterocycles. The highest BCUT2D eigenvalue weighted by molar-refractivity contribution is 5.78. The molecule has 0 aliphatic heterocycles. The Labute approximate surface area is 103 Å². The molecule has 0 aromatic heterocycles. The first-order chi connectivity index (χ1) is 7.98. The maximum Gasteiger partial charge on any atom is 0.323 e. The Bertz CT molecular complexity index is 390. The molecule has 1 aromatic carbocycles. The van der Waals surface area contributed by atoms with E-state index in [9.17, 15) is 9.90 Å². The first-order valence-electron chi connectivity index (χ1n) is 6.02. The van der Waals surface area contributed by atoms with Crippen LogP contribution in [-0.4, -0.2) is 16.6 Å². The molecule has 0 fully saturated rings. The molecule has 0 aliphatic carbocycles. The number of aryl methyl sites for hydroxylation is 1. The molecule has 0 aliphatic rings. The van der Waals surface area contributed by atoms with Gasteiger partial charge in [0.2, 0.25) is 0 Å². The highest BCUT2D eigenvalue weighted by atomic mass is 16.4. The van der Waals surface area contributed by atoms with Gasteiger partial charge in [-0.15, -0.1) is 0 Å². The van der Waals surface area contributed by atoms with Gasteiger partial charge in [0.1, 0.15) is 5.54 Å². The Morgan fingerprint density at radius 3 is 2.71 bits per heavy atom. The largest absolute Gasteiger partial charge is 0.480 e. The van der Waals surface area contributed by atoms with E-state index >= 15 is 0 Å². The molecule has 0 saturated carbocycles. The molecule has 3 heteroatoms. The van der Waals surface area contributed by atoms with Gasteiger partial charge in [0.15, 0.2) is 0 Å². The van der Waals surface area contributed by atoms with Gasteiger partial charge < -0.3 is 5.11 Å². The van der Waals surface area contributed by atoms with Gasteiger partial charge in [-0.3, -0.25) is 10.1 Å². The van der Waals surface area contributed by atoms with Gasteiger partial charge in [0.05, 0.1) is 0 Å². The number of carboxylic acid groups (broad SMARTS) is 1. The van der Waals surface area contributed by atoms with Crippen LogP contribution in [0.3, 0.4) is 0 Å². The van der Waals surface area contributed by atoms with Crippen LogP contribution >= 0.6 is 0 Å². The molecule has 1 aromatic rings. The highest BCUT2D eigenvalue weighted by Crippen LogP contribution is 2.14. The SMILES string of the molecule is CCCC(C)(NCc1cccc(C)c1)C(=O)O. The summed E-state index contributed by atoms with van der Waals surface area (Å²) in [6.07, 6.45) is 1.48. The number of nitrogens with one attached hydrogen (secondary N) is 1. The minimum absolute atomic E-state index is 0.588. The van der Waals surface area contributed by atoms with Crippen LogP contribution in [0.1, 0.15) is 37.8 Å². The summed E-state index contributed by atoms with van der Waals surface area (Å²) in [4.78, 5) is 11.2. The standard InChI is InChI=1S/C14H21NO2/c1-4-8-14(3,13(16)17)15-10-12-7-5-6-11(2)9-12/h5-7,9,15H,4,8,10H2,1-3H3,(H,16,17). The Hall–Kier alpha value is -1.35. The van der Waals surface area contributed by atoms with Crippen LogP contribution < -0.4 is 5.32 Å². The van der Waals surface area contributed by atoms with Gasteiger partial charge in [0.25, 0.3) is 0 Å². The zero-order valence-electron chi connectivity index (χ0n) is 10.8. The summed E-state index contributed by atoms with van der Waals surface area (Å²) >= 11 is 0. The van der Waals surface area contributed by atoms with Gasteiger partial charge in [-0.05, 0) is 25.8 Å². The van der Waals surface area contributed by atoms with E-state index < -0.39 is 11.5 Å². The number of benzene rings is 1. The van der Waals surface area contributed by atoms with E-state index in [2.05, 4.69) is 11.4 Å². The smallest absolute Gasteiger partial charge is 0.323 e. The third-order valence-corrected chi connectivity index (χ3v) is 2.99. The molecule has 94 valence electrons. The van der Waals surface area contributed by atoms with E-state index in [1.807, 2.05) is 32.0 Å². The molecule has 1 rings (SSSR count). The second-order valence-electron chi connectivity index (χ2n) is 4.73. The van der Waals surface area contributed by atoms with Crippen LogP contribution in [0, 0.1) is 6.92 Å². The molecular formula is C14H21NO2. The molecule has 1 atom stereocenters. The third-order valence-electron chi connectivity index (χ3n) is 2.99. The molecule has 2 N–H and O–H groups in total. The fraction of sp³-hybridized carbons (Fsp3) is 0.500. The summed E-state index contributed by atoms with van der Waals surface area (Å²) in [5.74, 6) is -0.785. The van der Waals surface area contributed by atoms with E-state index in [-0.39, 0.29) is 0 Å². The molecule has 0 radical (unpaired) electrons. The van der Waals surface area contributed by atoms with Crippen LogP contribution in [0.5, 0.6) is 0 Å². The average molecular weight is 235 g/mol. The highest BCUT2D eigenvalue weighted by Gasteiger charge is 2.31. The van der Waals surface area contributed by atoms with Crippen LogP contribution in [0.25, 0.3) is 0 Å². The van der Waals surface area contributed by atoms with E-state index in [1.54, 1.807) is 6.92 Å².